The van der Waals surface area contributed by atoms with Gasteiger partial charge in [0.2, 0.25) is 0 Å². The molecule has 128 valence electrons. The first-order valence-corrected chi connectivity index (χ1v) is 8.55. The molecule has 4 aromatic rings. The van der Waals surface area contributed by atoms with E-state index in [0.29, 0.717) is 0 Å². The van der Waals surface area contributed by atoms with Gasteiger partial charge >= 0.3 is 0 Å². The van der Waals surface area contributed by atoms with Crippen molar-refractivity contribution < 1.29 is 5.11 Å². The Bertz CT molecular complexity index is 926. The van der Waals surface area contributed by atoms with Crippen molar-refractivity contribution in [3.8, 4) is 11.3 Å². The van der Waals surface area contributed by atoms with E-state index in [4.69, 9.17) is 0 Å². The predicted octanol–water partition coefficient (Wildman–Crippen LogP) is 3.88. The monoisotopic (exact) mass is 341 g/mol. The third-order valence-electron chi connectivity index (χ3n) is 4.50. The highest BCUT2D eigenvalue weighted by Crippen LogP contribution is 2.31. The molecule has 1 aromatic heterocycles. The average Bonchev–Trinajstić information content (AvgIpc) is 3.18. The predicted molar refractivity (Wildman–Crippen MR) is 101 cm³/mol. The quantitative estimate of drug-likeness (QED) is 0.599. The summed E-state index contributed by atoms with van der Waals surface area (Å²) in [6.07, 6.45) is 1.87. The van der Waals surface area contributed by atoms with Gasteiger partial charge in [-0.25, -0.2) is 4.68 Å². The maximum absolute atomic E-state index is 11.6. The number of benzene rings is 3. The first-order chi connectivity index (χ1) is 12.8. The van der Waals surface area contributed by atoms with E-state index in [-0.39, 0.29) is 6.54 Å². The molecule has 4 heteroatoms. The summed E-state index contributed by atoms with van der Waals surface area (Å²) in [5.74, 6) is 0. The van der Waals surface area contributed by atoms with Crippen molar-refractivity contribution >= 4 is 0 Å². The Morgan fingerprint density at radius 3 is 1.77 bits per heavy atom. The van der Waals surface area contributed by atoms with Crippen molar-refractivity contribution in [2.45, 2.75) is 12.1 Å². The zero-order chi connectivity index (χ0) is 17.8. The fraction of sp³-hybridized carbons (Fsp3) is 0.0909. The zero-order valence-corrected chi connectivity index (χ0v) is 14.2. The second-order valence-electron chi connectivity index (χ2n) is 6.26. The zero-order valence-electron chi connectivity index (χ0n) is 14.2. The van der Waals surface area contributed by atoms with E-state index in [2.05, 4.69) is 10.3 Å². The van der Waals surface area contributed by atoms with E-state index in [9.17, 15) is 5.11 Å². The second-order valence-corrected chi connectivity index (χ2v) is 6.26. The summed E-state index contributed by atoms with van der Waals surface area (Å²) < 4.78 is 1.70. The molecule has 0 amide bonds. The molecule has 0 bridgehead atoms. The smallest absolute Gasteiger partial charge is 0.134 e. The third-order valence-corrected chi connectivity index (χ3v) is 4.50. The van der Waals surface area contributed by atoms with Gasteiger partial charge in [0.25, 0.3) is 0 Å². The molecule has 0 aliphatic carbocycles. The van der Waals surface area contributed by atoms with Gasteiger partial charge in [0.05, 0.1) is 12.7 Å². The van der Waals surface area contributed by atoms with E-state index < -0.39 is 5.60 Å². The molecule has 1 N–H and O–H groups in total. The fourth-order valence-corrected chi connectivity index (χ4v) is 3.13. The molecule has 4 rings (SSSR count). The summed E-state index contributed by atoms with van der Waals surface area (Å²) in [6, 6.07) is 29.2. The highest BCUT2D eigenvalue weighted by Gasteiger charge is 2.32. The van der Waals surface area contributed by atoms with Gasteiger partial charge in [-0.1, -0.05) is 96.2 Å². The number of nitrogens with zero attached hydrogens (tertiary/aromatic N) is 3. The molecule has 0 saturated carbocycles. The topological polar surface area (TPSA) is 50.9 Å². The molecule has 3 aromatic carbocycles. The van der Waals surface area contributed by atoms with Gasteiger partial charge in [0.15, 0.2) is 0 Å². The number of hydrogen-bond donors (Lipinski definition) is 1. The second kappa shape index (κ2) is 6.94. The van der Waals surface area contributed by atoms with Gasteiger partial charge in [-0.15, -0.1) is 5.10 Å². The van der Waals surface area contributed by atoms with Crippen LogP contribution >= 0.6 is 0 Å². The Labute approximate surface area is 152 Å². The fourth-order valence-electron chi connectivity index (χ4n) is 3.13. The number of rotatable bonds is 5. The van der Waals surface area contributed by atoms with Crippen LogP contribution in [0.5, 0.6) is 0 Å². The summed E-state index contributed by atoms with van der Waals surface area (Å²) in [4.78, 5) is 0. The van der Waals surface area contributed by atoms with Crippen molar-refractivity contribution in [3.63, 3.8) is 0 Å². The van der Waals surface area contributed by atoms with Crippen molar-refractivity contribution in [3.05, 3.63) is 108 Å². The highest BCUT2D eigenvalue weighted by atomic mass is 16.3. The first-order valence-electron chi connectivity index (χ1n) is 8.55. The van der Waals surface area contributed by atoms with Gasteiger partial charge in [-0.2, -0.15) is 0 Å². The van der Waals surface area contributed by atoms with Crippen LogP contribution in [0.1, 0.15) is 11.1 Å². The molecule has 1 heterocycles. The van der Waals surface area contributed by atoms with Gasteiger partial charge < -0.3 is 5.11 Å². The van der Waals surface area contributed by atoms with Crippen LogP contribution in [0.4, 0.5) is 0 Å². The normalized spacial score (nSPS) is 11.4. The lowest BCUT2D eigenvalue weighted by Crippen LogP contribution is -2.33. The minimum Gasteiger partial charge on any atom is -0.378 e. The van der Waals surface area contributed by atoms with E-state index >= 15 is 0 Å². The summed E-state index contributed by atoms with van der Waals surface area (Å²) in [5.41, 5.74) is 2.24. The van der Waals surface area contributed by atoms with Crippen LogP contribution in [-0.2, 0) is 12.1 Å². The van der Waals surface area contributed by atoms with Crippen LogP contribution in [0.3, 0.4) is 0 Å². The van der Waals surface area contributed by atoms with Crippen LogP contribution in [0.15, 0.2) is 97.2 Å². The molecule has 0 fully saturated rings. The molecular weight excluding hydrogens is 322 g/mol. The molecule has 26 heavy (non-hydrogen) atoms. The summed E-state index contributed by atoms with van der Waals surface area (Å²) >= 11 is 0. The van der Waals surface area contributed by atoms with Gasteiger partial charge in [0.1, 0.15) is 11.3 Å². The van der Waals surface area contributed by atoms with E-state index in [1.54, 1.807) is 4.68 Å². The van der Waals surface area contributed by atoms with E-state index in [0.717, 1.165) is 22.4 Å². The lowest BCUT2D eigenvalue weighted by atomic mass is 9.86. The number of aromatic nitrogens is 3. The average molecular weight is 341 g/mol. The molecule has 4 nitrogen and oxygen atoms in total. The lowest BCUT2D eigenvalue weighted by Gasteiger charge is -2.29. The molecule has 0 spiro atoms. The SMILES string of the molecule is OC(Cn1cc(-c2ccccc2)nn1)(c1ccccc1)c1ccccc1. The maximum atomic E-state index is 11.6. The van der Waals surface area contributed by atoms with E-state index in [1.807, 2.05) is 97.2 Å². The molecular formula is C22H19N3O. The van der Waals surface area contributed by atoms with Crippen LogP contribution in [0, 0.1) is 0 Å². The molecule has 0 saturated heterocycles. The Morgan fingerprint density at radius 1 is 0.731 bits per heavy atom. The van der Waals surface area contributed by atoms with E-state index in [1.165, 1.54) is 0 Å². The maximum Gasteiger partial charge on any atom is 0.134 e. The third kappa shape index (κ3) is 3.15. The van der Waals surface area contributed by atoms with Gasteiger partial charge in [0, 0.05) is 5.56 Å². The van der Waals surface area contributed by atoms with Crippen molar-refractivity contribution in [1.29, 1.82) is 0 Å². The minimum atomic E-state index is -1.19. The first kappa shape index (κ1) is 16.2. The van der Waals surface area contributed by atoms with Crippen molar-refractivity contribution in [2.24, 2.45) is 0 Å². The highest BCUT2D eigenvalue weighted by molar-refractivity contribution is 5.57. The van der Waals surface area contributed by atoms with Crippen molar-refractivity contribution in [1.82, 2.24) is 15.0 Å². The van der Waals surface area contributed by atoms with Crippen LogP contribution < -0.4 is 0 Å². The number of hydrogen-bond acceptors (Lipinski definition) is 3. The Hall–Kier alpha value is -3.24. The summed E-state index contributed by atoms with van der Waals surface area (Å²) in [6.45, 7) is 0.279. The van der Waals surface area contributed by atoms with Gasteiger partial charge in [-0.05, 0) is 11.1 Å². The molecule has 0 radical (unpaired) electrons. The molecule has 0 aliphatic heterocycles. The lowest BCUT2D eigenvalue weighted by molar-refractivity contribution is 0.0567. The largest absolute Gasteiger partial charge is 0.378 e. The Morgan fingerprint density at radius 2 is 1.23 bits per heavy atom. The van der Waals surface area contributed by atoms with Crippen LogP contribution in [-0.4, -0.2) is 20.1 Å². The molecule has 0 aliphatic rings. The van der Waals surface area contributed by atoms with Gasteiger partial charge in [-0.3, -0.25) is 0 Å². The van der Waals surface area contributed by atoms with Crippen LogP contribution in [0.2, 0.25) is 0 Å². The minimum absolute atomic E-state index is 0.279. The Kier molecular flexibility index (Phi) is 4.33. The summed E-state index contributed by atoms with van der Waals surface area (Å²) in [7, 11) is 0. The number of aliphatic hydroxyl groups is 1. The van der Waals surface area contributed by atoms with Crippen LogP contribution in [0.25, 0.3) is 11.3 Å². The molecule has 0 unspecified atom stereocenters. The van der Waals surface area contributed by atoms with Crippen molar-refractivity contribution in [2.75, 3.05) is 0 Å². The Balaban J connectivity index is 1.72. The molecule has 0 atom stereocenters. The standard InChI is InChI=1S/C22H19N3O/c26-22(19-12-6-2-7-13-19,20-14-8-3-9-15-20)17-25-16-21(23-24-25)18-10-4-1-5-11-18/h1-16,26H,17H2. The summed E-state index contributed by atoms with van der Waals surface area (Å²) in [5, 5.41) is 20.1.